The van der Waals surface area contributed by atoms with E-state index in [9.17, 15) is 0 Å². The van der Waals surface area contributed by atoms with Crippen LogP contribution < -0.4 is 15.4 Å². The smallest absolute Gasteiger partial charge is 0.119 e. The van der Waals surface area contributed by atoms with Crippen LogP contribution in [-0.2, 0) is 4.74 Å². The van der Waals surface area contributed by atoms with Crippen LogP contribution >= 0.6 is 0 Å². The molecular weight excluding hydrogens is 264 g/mol. The van der Waals surface area contributed by atoms with Gasteiger partial charge in [0.15, 0.2) is 0 Å². The Hall–Kier alpha value is -1.26. The van der Waals surface area contributed by atoms with Crippen molar-refractivity contribution >= 4 is 5.69 Å². The average molecular weight is 292 g/mol. The number of anilines is 1. The summed E-state index contributed by atoms with van der Waals surface area (Å²) in [6.07, 6.45) is 4.38. The summed E-state index contributed by atoms with van der Waals surface area (Å²) in [4.78, 5) is 2.39. The van der Waals surface area contributed by atoms with Gasteiger partial charge in [-0.25, -0.2) is 0 Å². The molecule has 2 N–H and O–H groups in total. The highest BCUT2D eigenvalue weighted by atomic mass is 16.5. The van der Waals surface area contributed by atoms with Crippen molar-refractivity contribution in [3.8, 4) is 5.75 Å². The van der Waals surface area contributed by atoms with E-state index in [0.717, 1.165) is 51.3 Å². The SMILES string of the molecule is COCCCCOc1ccc(N2CCCC(N)C2)c(C)c1. The number of piperidine rings is 1. The summed E-state index contributed by atoms with van der Waals surface area (Å²) in [5.74, 6) is 0.954. The normalized spacial score (nSPS) is 18.8. The van der Waals surface area contributed by atoms with Gasteiger partial charge < -0.3 is 20.1 Å². The van der Waals surface area contributed by atoms with Crippen LogP contribution in [0.2, 0.25) is 0 Å². The number of benzene rings is 1. The second-order valence-corrected chi connectivity index (χ2v) is 5.84. The molecule has 4 heteroatoms. The first-order valence-corrected chi connectivity index (χ1v) is 7.93. The first kappa shape index (κ1) is 16.1. The van der Waals surface area contributed by atoms with Crippen molar-refractivity contribution in [2.24, 2.45) is 5.73 Å². The molecule has 21 heavy (non-hydrogen) atoms. The summed E-state index contributed by atoms with van der Waals surface area (Å²) in [5, 5.41) is 0. The molecule has 0 radical (unpaired) electrons. The number of ether oxygens (including phenoxy) is 2. The molecule has 1 aliphatic heterocycles. The lowest BCUT2D eigenvalue weighted by molar-refractivity contribution is 0.184. The monoisotopic (exact) mass is 292 g/mol. The van der Waals surface area contributed by atoms with Gasteiger partial charge in [0.1, 0.15) is 5.75 Å². The minimum Gasteiger partial charge on any atom is -0.494 e. The Morgan fingerprint density at radius 2 is 2.10 bits per heavy atom. The van der Waals surface area contributed by atoms with E-state index < -0.39 is 0 Å². The molecule has 0 spiro atoms. The lowest BCUT2D eigenvalue weighted by Crippen LogP contribution is -2.43. The van der Waals surface area contributed by atoms with E-state index >= 15 is 0 Å². The second kappa shape index (κ2) is 8.25. The molecule has 1 aliphatic rings. The first-order valence-electron chi connectivity index (χ1n) is 7.93. The van der Waals surface area contributed by atoms with Crippen LogP contribution in [0.4, 0.5) is 5.69 Å². The summed E-state index contributed by atoms with van der Waals surface area (Å²) in [6.45, 7) is 5.75. The van der Waals surface area contributed by atoms with Crippen molar-refractivity contribution in [2.75, 3.05) is 38.3 Å². The van der Waals surface area contributed by atoms with Gasteiger partial charge in [0.2, 0.25) is 0 Å². The number of nitrogens with zero attached hydrogens (tertiary/aromatic N) is 1. The third-order valence-electron chi connectivity index (χ3n) is 3.98. The number of methoxy groups -OCH3 is 1. The molecule has 1 saturated heterocycles. The van der Waals surface area contributed by atoms with Crippen LogP contribution in [0.5, 0.6) is 5.75 Å². The Morgan fingerprint density at radius 1 is 1.29 bits per heavy atom. The van der Waals surface area contributed by atoms with E-state index in [1.165, 1.54) is 17.7 Å². The quantitative estimate of drug-likeness (QED) is 0.785. The highest BCUT2D eigenvalue weighted by Crippen LogP contribution is 2.27. The number of nitrogens with two attached hydrogens (primary N) is 1. The lowest BCUT2D eigenvalue weighted by Gasteiger charge is -2.33. The number of unbranched alkanes of at least 4 members (excludes halogenated alkanes) is 1. The molecule has 0 aromatic heterocycles. The maximum atomic E-state index is 6.07. The molecule has 1 unspecified atom stereocenters. The Kier molecular flexibility index (Phi) is 6.33. The molecule has 1 aromatic carbocycles. The Bertz CT molecular complexity index is 437. The van der Waals surface area contributed by atoms with Gasteiger partial charge in [-0.05, 0) is 56.4 Å². The number of hydrogen-bond acceptors (Lipinski definition) is 4. The highest BCUT2D eigenvalue weighted by Gasteiger charge is 2.18. The molecule has 0 saturated carbocycles. The second-order valence-electron chi connectivity index (χ2n) is 5.84. The largest absolute Gasteiger partial charge is 0.494 e. The van der Waals surface area contributed by atoms with Gasteiger partial charge in [-0.1, -0.05) is 0 Å². The van der Waals surface area contributed by atoms with Crippen molar-refractivity contribution in [1.82, 2.24) is 0 Å². The summed E-state index contributed by atoms with van der Waals surface area (Å²) in [6, 6.07) is 6.66. The van der Waals surface area contributed by atoms with Gasteiger partial charge in [0, 0.05) is 38.5 Å². The lowest BCUT2D eigenvalue weighted by atomic mass is 10.0. The van der Waals surface area contributed by atoms with Crippen LogP contribution in [0.25, 0.3) is 0 Å². The fraction of sp³-hybridized carbons (Fsp3) is 0.647. The molecule has 4 nitrogen and oxygen atoms in total. The van der Waals surface area contributed by atoms with E-state index in [1.54, 1.807) is 7.11 Å². The van der Waals surface area contributed by atoms with Crippen molar-refractivity contribution < 1.29 is 9.47 Å². The van der Waals surface area contributed by atoms with Crippen LogP contribution in [0, 0.1) is 6.92 Å². The minimum absolute atomic E-state index is 0.301. The van der Waals surface area contributed by atoms with Gasteiger partial charge in [-0.2, -0.15) is 0 Å². The van der Waals surface area contributed by atoms with Crippen LogP contribution in [-0.4, -0.2) is 39.5 Å². The van der Waals surface area contributed by atoms with E-state index in [4.69, 9.17) is 15.2 Å². The maximum Gasteiger partial charge on any atom is 0.119 e. The third-order valence-corrected chi connectivity index (χ3v) is 3.98. The van der Waals surface area contributed by atoms with Gasteiger partial charge in [-0.3, -0.25) is 0 Å². The minimum atomic E-state index is 0.301. The molecule has 118 valence electrons. The fourth-order valence-electron chi connectivity index (χ4n) is 2.84. The first-order chi connectivity index (χ1) is 10.2. The van der Waals surface area contributed by atoms with Crippen molar-refractivity contribution in [3.05, 3.63) is 23.8 Å². The molecule has 0 bridgehead atoms. The van der Waals surface area contributed by atoms with E-state index in [2.05, 4.69) is 30.0 Å². The Labute approximate surface area is 128 Å². The molecular formula is C17H28N2O2. The topological polar surface area (TPSA) is 47.7 Å². The summed E-state index contributed by atoms with van der Waals surface area (Å²) in [7, 11) is 1.73. The maximum absolute atomic E-state index is 6.07. The van der Waals surface area contributed by atoms with Crippen LogP contribution in [0.1, 0.15) is 31.2 Å². The Balaban J connectivity index is 1.88. The van der Waals surface area contributed by atoms with E-state index in [0.29, 0.717) is 6.04 Å². The van der Waals surface area contributed by atoms with Gasteiger partial charge in [0.25, 0.3) is 0 Å². The standard InChI is InChI=1S/C17H28N2O2/c1-14-12-16(21-11-4-3-10-20-2)7-8-17(14)19-9-5-6-15(18)13-19/h7-8,12,15H,3-6,9-11,13,18H2,1-2H3. The molecule has 0 amide bonds. The van der Waals surface area contributed by atoms with E-state index in [1.807, 2.05) is 0 Å². The van der Waals surface area contributed by atoms with Crippen LogP contribution in [0.15, 0.2) is 18.2 Å². The Morgan fingerprint density at radius 3 is 2.81 bits per heavy atom. The zero-order valence-corrected chi connectivity index (χ0v) is 13.3. The highest BCUT2D eigenvalue weighted by molar-refractivity contribution is 5.56. The zero-order valence-electron chi connectivity index (χ0n) is 13.3. The van der Waals surface area contributed by atoms with Crippen LogP contribution in [0.3, 0.4) is 0 Å². The molecule has 1 atom stereocenters. The fourth-order valence-corrected chi connectivity index (χ4v) is 2.84. The zero-order chi connectivity index (χ0) is 15.1. The molecule has 1 aromatic rings. The van der Waals surface area contributed by atoms with E-state index in [-0.39, 0.29) is 0 Å². The summed E-state index contributed by atoms with van der Waals surface area (Å²) < 4.78 is 10.8. The number of rotatable bonds is 7. The van der Waals surface area contributed by atoms with Crippen molar-refractivity contribution in [1.29, 1.82) is 0 Å². The summed E-state index contributed by atoms with van der Waals surface area (Å²) >= 11 is 0. The van der Waals surface area contributed by atoms with Crippen molar-refractivity contribution in [3.63, 3.8) is 0 Å². The average Bonchev–Trinajstić information content (AvgIpc) is 2.47. The summed E-state index contributed by atoms with van der Waals surface area (Å²) in [5.41, 5.74) is 8.62. The molecule has 1 heterocycles. The number of hydrogen-bond donors (Lipinski definition) is 1. The third kappa shape index (κ3) is 4.90. The van der Waals surface area contributed by atoms with Crippen molar-refractivity contribution in [2.45, 2.75) is 38.6 Å². The van der Waals surface area contributed by atoms with Gasteiger partial charge >= 0.3 is 0 Å². The predicted molar refractivity (Wildman–Crippen MR) is 87.2 cm³/mol. The number of aryl methyl sites for hydroxylation is 1. The van der Waals surface area contributed by atoms with Gasteiger partial charge in [-0.15, -0.1) is 0 Å². The predicted octanol–water partition coefficient (Wildman–Crippen LogP) is 2.73. The molecule has 1 fully saturated rings. The van der Waals surface area contributed by atoms with Gasteiger partial charge in [0.05, 0.1) is 6.61 Å². The molecule has 2 rings (SSSR count). The molecule has 0 aliphatic carbocycles.